The number of rotatable bonds is 3. The fraction of sp³-hybridized carbons (Fsp3) is 0.200. The number of hydrogen-bond donors (Lipinski definition) is 5. The van der Waals surface area contributed by atoms with Gasteiger partial charge in [0.2, 0.25) is 0 Å². The minimum absolute atomic E-state index is 0.0564. The lowest BCUT2D eigenvalue weighted by atomic mass is 9.82. The van der Waals surface area contributed by atoms with E-state index in [1.54, 1.807) is 6.92 Å². The molecule has 0 saturated heterocycles. The van der Waals surface area contributed by atoms with Crippen molar-refractivity contribution in [3.05, 3.63) is 47.5 Å². The van der Waals surface area contributed by atoms with Crippen LogP contribution in [-0.4, -0.2) is 25.5 Å². The first-order valence-electron chi connectivity index (χ1n) is 6.17. The predicted octanol–water partition coefficient (Wildman–Crippen LogP) is 2.15. The second-order valence-corrected chi connectivity index (χ2v) is 4.56. The highest BCUT2D eigenvalue weighted by Crippen LogP contribution is 2.46. The molecule has 0 atom stereocenters. The first kappa shape index (κ1) is 14.0. The summed E-state index contributed by atoms with van der Waals surface area (Å²) >= 11 is 0. The van der Waals surface area contributed by atoms with Crippen LogP contribution in [0.4, 0.5) is 0 Å². The smallest absolute Gasteiger partial charge is 0.163 e. The molecule has 0 aromatic heterocycles. The molecule has 0 heterocycles. The van der Waals surface area contributed by atoms with Gasteiger partial charge in [0.25, 0.3) is 0 Å². The van der Waals surface area contributed by atoms with Crippen LogP contribution in [0.15, 0.2) is 36.4 Å². The van der Waals surface area contributed by atoms with E-state index in [0.717, 1.165) is 0 Å². The maximum atomic E-state index is 10.8. The van der Waals surface area contributed by atoms with E-state index in [2.05, 4.69) is 0 Å². The van der Waals surface area contributed by atoms with E-state index in [9.17, 15) is 25.5 Å². The fourth-order valence-electron chi connectivity index (χ4n) is 2.26. The summed E-state index contributed by atoms with van der Waals surface area (Å²) in [6.45, 7) is 1.66. The molecule has 2 rings (SSSR count). The summed E-state index contributed by atoms with van der Waals surface area (Å²) in [7, 11) is 0. The van der Waals surface area contributed by atoms with E-state index in [4.69, 9.17) is 0 Å². The second-order valence-electron chi connectivity index (χ2n) is 4.56. The van der Waals surface area contributed by atoms with Gasteiger partial charge in [0.05, 0.1) is 0 Å². The van der Waals surface area contributed by atoms with Crippen molar-refractivity contribution < 1.29 is 25.5 Å². The third-order valence-corrected chi connectivity index (χ3v) is 3.43. The highest BCUT2D eigenvalue weighted by atomic mass is 16.3. The van der Waals surface area contributed by atoms with Gasteiger partial charge in [-0.1, -0.05) is 31.2 Å². The molecule has 0 radical (unpaired) electrons. The Morgan fingerprint density at radius 3 is 1.55 bits per heavy atom. The first-order chi connectivity index (χ1) is 9.41. The summed E-state index contributed by atoms with van der Waals surface area (Å²) in [5, 5.41) is 49.8. The molecule has 5 N–H and O–H groups in total. The van der Waals surface area contributed by atoms with E-state index in [1.165, 1.54) is 36.4 Å². The van der Waals surface area contributed by atoms with Crippen molar-refractivity contribution in [1.82, 2.24) is 0 Å². The molecule has 0 saturated carbocycles. The standard InChI is InChI=1S/C15H16O5/c1-2-15(20,9-5-3-7-11(16)13(9)18)10-6-4-8-12(17)14(10)19/h3-8,16-20H,2H2,1H3. The van der Waals surface area contributed by atoms with Crippen LogP contribution >= 0.6 is 0 Å². The molecule has 20 heavy (non-hydrogen) atoms. The number of phenols is 4. The summed E-state index contributed by atoms with van der Waals surface area (Å²) < 4.78 is 0. The highest BCUT2D eigenvalue weighted by Gasteiger charge is 2.36. The Kier molecular flexibility index (Phi) is 3.46. The lowest BCUT2D eigenvalue weighted by molar-refractivity contribution is 0.0702. The lowest BCUT2D eigenvalue weighted by Crippen LogP contribution is -2.26. The molecule has 0 bridgehead atoms. The molecule has 0 amide bonds. The molecule has 0 aliphatic rings. The third kappa shape index (κ3) is 2.02. The summed E-state index contributed by atoms with van der Waals surface area (Å²) in [6.07, 6.45) is 0.126. The van der Waals surface area contributed by atoms with Gasteiger partial charge in [-0.15, -0.1) is 0 Å². The summed E-state index contributed by atoms with van der Waals surface area (Å²) in [5.74, 6) is -1.65. The maximum Gasteiger partial charge on any atom is 0.163 e. The minimum Gasteiger partial charge on any atom is -0.504 e. The van der Waals surface area contributed by atoms with Crippen LogP contribution in [0.25, 0.3) is 0 Å². The molecule has 5 nitrogen and oxygen atoms in total. The van der Waals surface area contributed by atoms with Crippen LogP contribution < -0.4 is 0 Å². The monoisotopic (exact) mass is 276 g/mol. The van der Waals surface area contributed by atoms with Gasteiger partial charge in [-0.2, -0.15) is 0 Å². The minimum atomic E-state index is -1.73. The quantitative estimate of drug-likeness (QED) is 0.553. The Bertz CT molecular complexity index is 585. The Morgan fingerprint density at radius 2 is 1.20 bits per heavy atom. The van der Waals surface area contributed by atoms with Crippen LogP contribution in [0.1, 0.15) is 24.5 Å². The molecule has 5 heteroatoms. The van der Waals surface area contributed by atoms with Crippen LogP contribution in [-0.2, 0) is 5.60 Å². The molecular formula is C15H16O5. The van der Waals surface area contributed by atoms with E-state index in [-0.39, 0.29) is 29.0 Å². The van der Waals surface area contributed by atoms with Gasteiger partial charge in [0, 0.05) is 11.1 Å². The number of aliphatic hydroxyl groups is 1. The Morgan fingerprint density at radius 1 is 0.800 bits per heavy atom. The van der Waals surface area contributed by atoms with Crippen molar-refractivity contribution >= 4 is 0 Å². The molecule has 2 aromatic carbocycles. The summed E-state index contributed by atoms with van der Waals surface area (Å²) in [5.41, 5.74) is -1.62. The van der Waals surface area contributed by atoms with E-state index < -0.39 is 17.1 Å². The van der Waals surface area contributed by atoms with Gasteiger partial charge < -0.3 is 25.5 Å². The zero-order valence-electron chi connectivity index (χ0n) is 10.9. The number of para-hydroxylation sites is 2. The fourth-order valence-corrected chi connectivity index (χ4v) is 2.26. The van der Waals surface area contributed by atoms with E-state index in [1.807, 2.05) is 0 Å². The third-order valence-electron chi connectivity index (χ3n) is 3.43. The average molecular weight is 276 g/mol. The number of hydrogen-bond acceptors (Lipinski definition) is 5. The van der Waals surface area contributed by atoms with E-state index >= 15 is 0 Å². The molecule has 0 spiro atoms. The number of phenolic OH excluding ortho intramolecular Hbond substituents is 4. The van der Waals surface area contributed by atoms with Crippen molar-refractivity contribution in [2.75, 3.05) is 0 Å². The van der Waals surface area contributed by atoms with Gasteiger partial charge in [-0.05, 0) is 18.6 Å². The van der Waals surface area contributed by atoms with Crippen LogP contribution in [0.2, 0.25) is 0 Å². The molecule has 0 unspecified atom stereocenters. The van der Waals surface area contributed by atoms with Crippen molar-refractivity contribution in [2.45, 2.75) is 18.9 Å². The second kappa shape index (κ2) is 4.94. The largest absolute Gasteiger partial charge is 0.504 e. The number of aromatic hydroxyl groups is 4. The van der Waals surface area contributed by atoms with Gasteiger partial charge in [0.1, 0.15) is 5.60 Å². The van der Waals surface area contributed by atoms with Gasteiger partial charge in [0.15, 0.2) is 23.0 Å². The van der Waals surface area contributed by atoms with Crippen molar-refractivity contribution in [3.8, 4) is 23.0 Å². The molecule has 2 aromatic rings. The zero-order chi connectivity index (χ0) is 14.9. The molecule has 0 fully saturated rings. The van der Waals surface area contributed by atoms with E-state index in [0.29, 0.717) is 0 Å². The predicted molar refractivity (Wildman–Crippen MR) is 72.8 cm³/mol. The van der Waals surface area contributed by atoms with Crippen molar-refractivity contribution in [1.29, 1.82) is 0 Å². The van der Waals surface area contributed by atoms with Gasteiger partial charge in [-0.3, -0.25) is 0 Å². The van der Waals surface area contributed by atoms with Gasteiger partial charge >= 0.3 is 0 Å². The molecular weight excluding hydrogens is 260 g/mol. The molecule has 0 aliphatic heterocycles. The summed E-state index contributed by atoms with van der Waals surface area (Å²) in [6, 6.07) is 8.42. The Balaban J connectivity index is 2.71. The first-order valence-corrected chi connectivity index (χ1v) is 6.17. The summed E-state index contributed by atoms with van der Waals surface area (Å²) in [4.78, 5) is 0. The van der Waals surface area contributed by atoms with Crippen LogP contribution in [0, 0.1) is 0 Å². The van der Waals surface area contributed by atoms with Crippen molar-refractivity contribution in [2.24, 2.45) is 0 Å². The molecule has 106 valence electrons. The van der Waals surface area contributed by atoms with Crippen LogP contribution in [0.3, 0.4) is 0 Å². The Labute approximate surface area is 116 Å². The normalized spacial score (nSPS) is 11.5. The lowest BCUT2D eigenvalue weighted by Gasteiger charge is -2.29. The van der Waals surface area contributed by atoms with Gasteiger partial charge in [-0.25, -0.2) is 0 Å². The Hall–Kier alpha value is -2.40. The molecule has 0 aliphatic carbocycles. The number of benzene rings is 2. The topological polar surface area (TPSA) is 101 Å². The van der Waals surface area contributed by atoms with Crippen molar-refractivity contribution in [3.63, 3.8) is 0 Å². The maximum absolute atomic E-state index is 10.8. The zero-order valence-corrected chi connectivity index (χ0v) is 10.9. The average Bonchev–Trinajstić information content (AvgIpc) is 2.44. The SMILES string of the molecule is CCC(O)(c1cccc(O)c1O)c1cccc(O)c1O. The van der Waals surface area contributed by atoms with Crippen LogP contribution in [0.5, 0.6) is 23.0 Å². The highest BCUT2D eigenvalue weighted by molar-refractivity contribution is 5.56.